The van der Waals surface area contributed by atoms with Crippen molar-refractivity contribution in [2.24, 2.45) is 0 Å². The Morgan fingerprint density at radius 1 is 1.24 bits per heavy atom. The van der Waals surface area contributed by atoms with E-state index in [2.05, 4.69) is 15.9 Å². The van der Waals surface area contributed by atoms with Gasteiger partial charge in [0.1, 0.15) is 0 Å². The van der Waals surface area contributed by atoms with E-state index in [0.717, 1.165) is 24.3 Å². The largest absolute Gasteiger partial charge is 0.478 e. The van der Waals surface area contributed by atoms with Gasteiger partial charge in [-0.15, -0.1) is 0 Å². The summed E-state index contributed by atoms with van der Waals surface area (Å²) in [5.41, 5.74) is -0.657. The number of hydrogen-bond donors (Lipinski definition) is 1. The average molecular weight is 356 g/mol. The molecule has 0 aliphatic heterocycles. The van der Waals surface area contributed by atoms with Gasteiger partial charge in [-0.3, -0.25) is 10.1 Å². The molecule has 0 radical (unpaired) electrons. The Kier molecular flexibility index (Phi) is 4.18. The van der Waals surface area contributed by atoms with Crippen LogP contribution in [0.3, 0.4) is 0 Å². The number of halogens is 2. The van der Waals surface area contributed by atoms with Gasteiger partial charge < -0.3 is 9.84 Å². The number of hydrogen-bond acceptors (Lipinski definition) is 4. The molecule has 0 amide bonds. The first-order valence-electron chi connectivity index (χ1n) is 5.53. The molecule has 0 bridgehead atoms. The molecule has 2 rings (SSSR count). The maximum atomic E-state index is 13.7. The number of carbonyl (C=O) groups is 1. The van der Waals surface area contributed by atoms with E-state index in [1.165, 1.54) is 12.1 Å². The van der Waals surface area contributed by atoms with E-state index in [1.54, 1.807) is 0 Å². The summed E-state index contributed by atoms with van der Waals surface area (Å²) in [4.78, 5) is 21.1. The number of carboxylic acid groups (broad SMARTS) is 1. The highest BCUT2D eigenvalue weighted by Crippen LogP contribution is 2.34. The molecule has 21 heavy (non-hydrogen) atoms. The highest BCUT2D eigenvalue weighted by atomic mass is 79.9. The lowest BCUT2D eigenvalue weighted by Gasteiger charge is -2.08. The fourth-order valence-electron chi connectivity index (χ4n) is 1.56. The van der Waals surface area contributed by atoms with Gasteiger partial charge in [0, 0.05) is 16.6 Å². The van der Waals surface area contributed by atoms with Gasteiger partial charge in [-0.1, -0.05) is 15.9 Å². The van der Waals surface area contributed by atoms with Crippen LogP contribution < -0.4 is 4.74 Å². The molecule has 6 nitrogen and oxygen atoms in total. The zero-order valence-electron chi connectivity index (χ0n) is 10.2. The first-order valence-corrected chi connectivity index (χ1v) is 6.32. The highest BCUT2D eigenvalue weighted by Gasteiger charge is 2.19. The van der Waals surface area contributed by atoms with E-state index < -0.39 is 22.4 Å². The first kappa shape index (κ1) is 14.9. The average Bonchev–Trinajstić information content (AvgIpc) is 2.41. The van der Waals surface area contributed by atoms with Crippen LogP contribution in [0.25, 0.3) is 0 Å². The Hall–Kier alpha value is -2.48. The molecule has 0 spiro atoms. The molecule has 2 aromatic carbocycles. The summed E-state index contributed by atoms with van der Waals surface area (Å²) in [6.07, 6.45) is 0. The van der Waals surface area contributed by atoms with Gasteiger partial charge in [-0.2, -0.15) is 0 Å². The maximum Gasteiger partial charge on any atom is 0.335 e. The summed E-state index contributed by atoms with van der Waals surface area (Å²) < 4.78 is 19.3. The number of nitrogens with zero attached hydrogens (tertiary/aromatic N) is 1. The Labute approximate surface area is 126 Å². The van der Waals surface area contributed by atoms with Gasteiger partial charge in [0.25, 0.3) is 0 Å². The smallest absolute Gasteiger partial charge is 0.335 e. The lowest BCUT2D eigenvalue weighted by Crippen LogP contribution is -2.00. The number of carboxylic acids is 1. The number of rotatable bonds is 4. The minimum Gasteiger partial charge on any atom is -0.478 e. The molecule has 8 heteroatoms. The molecule has 2 aromatic rings. The fraction of sp³-hybridized carbons (Fsp3) is 0. The van der Waals surface area contributed by atoms with Crippen molar-refractivity contribution in [3.63, 3.8) is 0 Å². The standard InChI is InChI=1S/C13H7BrFNO5/c14-8-2-4-11(9(15)6-8)21-12-5-7(13(17)18)1-3-10(12)16(19)20/h1-6H,(H,17,18). The van der Waals surface area contributed by atoms with Gasteiger partial charge in [-0.25, -0.2) is 9.18 Å². The third kappa shape index (κ3) is 3.34. The van der Waals surface area contributed by atoms with E-state index in [4.69, 9.17) is 9.84 Å². The van der Waals surface area contributed by atoms with E-state index in [-0.39, 0.29) is 17.1 Å². The first-order chi connectivity index (χ1) is 9.88. The van der Waals surface area contributed by atoms with Gasteiger partial charge in [0.05, 0.1) is 10.5 Å². The molecule has 0 heterocycles. The second-order valence-electron chi connectivity index (χ2n) is 3.92. The zero-order chi connectivity index (χ0) is 15.6. The predicted octanol–water partition coefficient (Wildman–Crippen LogP) is 3.99. The Bertz CT molecular complexity index is 734. The van der Waals surface area contributed by atoms with Crippen LogP contribution in [-0.2, 0) is 0 Å². The summed E-state index contributed by atoms with van der Waals surface area (Å²) in [6, 6.07) is 6.94. The molecule has 108 valence electrons. The molecule has 0 fully saturated rings. The van der Waals surface area contributed by atoms with E-state index >= 15 is 0 Å². The van der Waals surface area contributed by atoms with Crippen LogP contribution in [-0.4, -0.2) is 16.0 Å². The second kappa shape index (κ2) is 5.88. The van der Waals surface area contributed by atoms with Gasteiger partial charge in [-0.05, 0) is 24.3 Å². The van der Waals surface area contributed by atoms with Crippen LogP contribution in [0.4, 0.5) is 10.1 Å². The van der Waals surface area contributed by atoms with Crippen LogP contribution in [0.5, 0.6) is 11.5 Å². The van der Waals surface area contributed by atoms with Gasteiger partial charge in [0.2, 0.25) is 5.75 Å². The molecule has 0 aliphatic carbocycles. The topological polar surface area (TPSA) is 89.7 Å². The Balaban J connectivity index is 2.48. The van der Waals surface area contributed by atoms with Crippen molar-refractivity contribution in [1.29, 1.82) is 0 Å². The normalized spacial score (nSPS) is 10.2. The van der Waals surface area contributed by atoms with Crippen molar-refractivity contribution >= 4 is 27.6 Å². The maximum absolute atomic E-state index is 13.7. The number of benzene rings is 2. The van der Waals surface area contributed by atoms with Crippen LogP contribution in [0.15, 0.2) is 40.9 Å². The monoisotopic (exact) mass is 355 g/mol. The molecule has 0 saturated carbocycles. The summed E-state index contributed by atoms with van der Waals surface area (Å²) in [5, 5.41) is 19.8. The lowest BCUT2D eigenvalue weighted by molar-refractivity contribution is -0.385. The van der Waals surface area contributed by atoms with Crippen LogP contribution in [0.2, 0.25) is 0 Å². The minimum absolute atomic E-state index is 0.201. The fourth-order valence-corrected chi connectivity index (χ4v) is 1.89. The summed E-state index contributed by atoms with van der Waals surface area (Å²) in [7, 11) is 0. The number of nitro groups is 1. The minimum atomic E-state index is -1.27. The molecule has 0 aromatic heterocycles. The van der Waals surface area contributed by atoms with Crippen LogP contribution >= 0.6 is 15.9 Å². The molecule has 0 saturated heterocycles. The highest BCUT2D eigenvalue weighted by molar-refractivity contribution is 9.10. The van der Waals surface area contributed by atoms with Gasteiger partial charge >= 0.3 is 11.7 Å². The van der Waals surface area contributed by atoms with E-state index in [0.29, 0.717) is 4.47 Å². The lowest BCUT2D eigenvalue weighted by atomic mass is 10.2. The molecular formula is C13H7BrFNO5. The number of nitro benzene ring substituents is 1. The molecule has 0 aliphatic rings. The van der Waals surface area contributed by atoms with Crippen molar-refractivity contribution in [3.8, 4) is 11.5 Å². The predicted molar refractivity (Wildman–Crippen MR) is 74.2 cm³/mol. The zero-order valence-corrected chi connectivity index (χ0v) is 11.8. The quantitative estimate of drug-likeness (QED) is 0.661. The van der Waals surface area contributed by atoms with E-state index in [1.807, 2.05) is 0 Å². The molecule has 0 atom stereocenters. The molecular weight excluding hydrogens is 349 g/mol. The van der Waals surface area contributed by atoms with Crippen molar-refractivity contribution in [2.75, 3.05) is 0 Å². The van der Waals surface area contributed by atoms with E-state index in [9.17, 15) is 19.3 Å². The van der Waals surface area contributed by atoms with Crippen molar-refractivity contribution in [3.05, 3.63) is 62.4 Å². The van der Waals surface area contributed by atoms with Crippen molar-refractivity contribution < 1.29 is 24.0 Å². The SMILES string of the molecule is O=C(O)c1ccc([N+](=O)[O-])c(Oc2ccc(Br)cc2F)c1. The van der Waals surface area contributed by atoms with Crippen molar-refractivity contribution in [1.82, 2.24) is 0 Å². The van der Waals surface area contributed by atoms with Crippen LogP contribution in [0.1, 0.15) is 10.4 Å². The summed E-state index contributed by atoms with van der Waals surface area (Å²) >= 11 is 3.07. The van der Waals surface area contributed by atoms with Crippen LogP contribution in [0, 0.1) is 15.9 Å². The Morgan fingerprint density at radius 2 is 1.95 bits per heavy atom. The third-order valence-electron chi connectivity index (χ3n) is 2.52. The summed E-state index contributed by atoms with van der Waals surface area (Å²) in [5.74, 6) is -2.60. The summed E-state index contributed by atoms with van der Waals surface area (Å²) in [6.45, 7) is 0. The van der Waals surface area contributed by atoms with Gasteiger partial charge in [0.15, 0.2) is 11.6 Å². The second-order valence-corrected chi connectivity index (χ2v) is 4.84. The number of ether oxygens (including phenoxy) is 1. The molecule has 1 N–H and O–H groups in total. The number of aromatic carboxylic acids is 1. The molecule has 0 unspecified atom stereocenters. The third-order valence-corrected chi connectivity index (χ3v) is 3.01. The van der Waals surface area contributed by atoms with Crippen molar-refractivity contribution in [2.45, 2.75) is 0 Å². The Morgan fingerprint density at radius 3 is 2.52 bits per heavy atom.